The highest BCUT2D eigenvalue weighted by Gasteiger charge is 2.44. The Labute approximate surface area is 73.9 Å². The van der Waals surface area contributed by atoms with Crippen molar-refractivity contribution in [2.24, 2.45) is 5.92 Å². The van der Waals surface area contributed by atoms with Gasteiger partial charge in [0.25, 0.3) is 0 Å². The van der Waals surface area contributed by atoms with E-state index in [-0.39, 0.29) is 0 Å². The molecule has 1 atom stereocenters. The number of carboxylic acid groups (broad SMARTS) is 1. The van der Waals surface area contributed by atoms with Gasteiger partial charge in [-0.25, -0.2) is 0 Å². The number of halogens is 3. The zero-order valence-corrected chi connectivity index (χ0v) is 7.19. The number of hydrogen-bond acceptors (Lipinski definition) is 2. The van der Waals surface area contributed by atoms with E-state index >= 15 is 0 Å². The molecule has 0 saturated carbocycles. The molecule has 0 radical (unpaired) electrons. The third kappa shape index (κ3) is 4.72. The van der Waals surface area contributed by atoms with Crippen LogP contribution in [0.15, 0.2) is 0 Å². The highest BCUT2D eigenvalue weighted by molar-refractivity contribution is 5.71. The fourth-order valence-electron chi connectivity index (χ4n) is 0.766. The Morgan fingerprint density at radius 3 is 2.38 bits per heavy atom. The van der Waals surface area contributed by atoms with Gasteiger partial charge >= 0.3 is 12.1 Å². The zero-order chi connectivity index (χ0) is 10.5. The minimum atomic E-state index is -4.67. The quantitative estimate of drug-likeness (QED) is 0.655. The lowest BCUT2D eigenvalue weighted by Crippen LogP contribution is -2.39. The lowest BCUT2D eigenvalue weighted by atomic mass is 10.1. The van der Waals surface area contributed by atoms with Crippen LogP contribution in [0.2, 0.25) is 0 Å². The summed E-state index contributed by atoms with van der Waals surface area (Å²) in [5.41, 5.74) is 0. The Balaban J connectivity index is 4.04. The van der Waals surface area contributed by atoms with Gasteiger partial charge in [-0.3, -0.25) is 4.79 Å². The lowest BCUT2D eigenvalue weighted by Gasteiger charge is -2.16. The van der Waals surface area contributed by atoms with Gasteiger partial charge in [-0.1, -0.05) is 6.92 Å². The topological polar surface area (TPSA) is 49.3 Å². The third-order valence-electron chi connectivity index (χ3n) is 1.47. The third-order valence-corrected chi connectivity index (χ3v) is 1.47. The molecule has 0 aliphatic heterocycles. The normalized spacial score (nSPS) is 14.2. The van der Waals surface area contributed by atoms with Crippen LogP contribution in [0.4, 0.5) is 13.2 Å². The van der Waals surface area contributed by atoms with Gasteiger partial charge in [-0.15, -0.1) is 0 Å². The maximum absolute atomic E-state index is 12.0. The summed E-state index contributed by atoms with van der Waals surface area (Å²) in [4.78, 5) is 10.2. The molecule has 0 saturated heterocycles. The Morgan fingerprint density at radius 2 is 2.08 bits per heavy atom. The summed E-state index contributed by atoms with van der Waals surface area (Å²) in [6.07, 6.45) is -4.00. The molecule has 78 valence electrons. The second-order valence-corrected chi connectivity index (χ2v) is 2.64. The predicted octanol–water partition coefficient (Wildman–Crippen LogP) is 1.25. The molecule has 0 aliphatic carbocycles. The molecule has 0 aromatic carbocycles. The first-order valence-corrected chi connectivity index (χ1v) is 3.89. The zero-order valence-electron chi connectivity index (χ0n) is 7.19. The molecule has 0 aromatic rings. The minimum Gasteiger partial charge on any atom is -0.481 e. The standard InChI is InChI=1S/C7H12F3NO2/c1-2-3-11-4-5(6(12)13)7(8,9)10/h5,11H,2-4H2,1H3,(H,12,13). The Bertz CT molecular complexity index is 170. The number of carboxylic acids is 1. The van der Waals surface area contributed by atoms with E-state index < -0.39 is 24.6 Å². The molecule has 2 N–H and O–H groups in total. The van der Waals surface area contributed by atoms with E-state index in [9.17, 15) is 18.0 Å². The molecule has 0 bridgehead atoms. The van der Waals surface area contributed by atoms with Crippen molar-refractivity contribution in [3.05, 3.63) is 0 Å². The van der Waals surface area contributed by atoms with Crippen LogP contribution in [-0.4, -0.2) is 30.3 Å². The molecule has 1 unspecified atom stereocenters. The summed E-state index contributed by atoms with van der Waals surface area (Å²) in [6, 6.07) is 0. The van der Waals surface area contributed by atoms with Gasteiger partial charge in [0.05, 0.1) is 0 Å². The summed E-state index contributed by atoms with van der Waals surface area (Å²) < 4.78 is 35.9. The van der Waals surface area contributed by atoms with Crippen LogP contribution in [0.1, 0.15) is 13.3 Å². The lowest BCUT2D eigenvalue weighted by molar-refractivity contribution is -0.192. The average molecular weight is 199 g/mol. The van der Waals surface area contributed by atoms with Gasteiger partial charge in [0.15, 0.2) is 5.92 Å². The van der Waals surface area contributed by atoms with Crippen LogP contribution in [0.3, 0.4) is 0 Å². The fraction of sp³-hybridized carbons (Fsp3) is 0.857. The predicted molar refractivity (Wildman–Crippen MR) is 40.3 cm³/mol. The van der Waals surface area contributed by atoms with Crippen LogP contribution in [-0.2, 0) is 4.79 Å². The Hall–Kier alpha value is -0.780. The molecule has 0 amide bonds. The van der Waals surface area contributed by atoms with Gasteiger partial charge in [0, 0.05) is 6.54 Å². The maximum atomic E-state index is 12.0. The number of carbonyl (C=O) groups is 1. The number of rotatable bonds is 5. The van der Waals surface area contributed by atoms with E-state index in [2.05, 4.69) is 5.32 Å². The molecule has 0 fully saturated rings. The van der Waals surface area contributed by atoms with E-state index in [1.165, 1.54) is 0 Å². The molecule has 6 heteroatoms. The second kappa shape index (κ2) is 5.06. The van der Waals surface area contributed by atoms with Gasteiger partial charge in [-0.05, 0) is 13.0 Å². The molecule has 3 nitrogen and oxygen atoms in total. The van der Waals surface area contributed by atoms with Crippen molar-refractivity contribution in [3.63, 3.8) is 0 Å². The van der Waals surface area contributed by atoms with Crippen LogP contribution in [0.5, 0.6) is 0 Å². The van der Waals surface area contributed by atoms with Crippen LogP contribution in [0, 0.1) is 5.92 Å². The molecule has 0 heterocycles. The maximum Gasteiger partial charge on any atom is 0.403 e. The summed E-state index contributed by atoms with van der Waals surface area (Å²) in [6.45, 7) is 1.61. The van der Waals surface area contributed by atoms with Crippen molar-refractivity contribution in [2.75, 3.05) is 13.1 Å². The first-order chi connectivity index (χ1) is 5.89. The SMILES string of the molecule is CCCNCC(C(=O)O)C(F)(F)F. The Kier molecular flexibility index (Phi) is 4.76. The van der Waals surface area contributed by atoms with Crippen molar-refractivity contribution in [1.82, 2.24) is 5.32 Å². The average Bonchev–Trinajstić information content (AvgIpc) is 1.94. The van der Waals surface area contributed by atoms with Gasteiger partial charge in [-0.2, -0.15) is 13.2 Å². The summed E-state index contributed by atoms with van der Waals surface area (Å²) >= 11 is 0. The smallest absolute Gasteiger partial charge is 0.403 e. The molecule has 13 heavy (non-hydrogen) atoms. The molecule has 0 spiro atoms. The van der Waals surface area contributed by atoms with Crippen molar-refractivity contribution < 1.29 is 23.1 Å². The summed E-state index contributed by atoms with van der Waals surface area (Å²) in [7, 11) is 0. The van der Waals surface area contributed by atoms with E-state index in [1.54, 1.807) is 6.92 Å². The van der Waals surface area contributed by atoms with Gasteiger partial charge < -0.3 is 10.4 Å². The first-order valence-electron chi connectivity index (χ1n) is 3.89. The first kappa shape index (κ1) is 12.2. The molecule has 0 rings (SSSR count). The van der Waals surface area contributed by atoms with Gasteiger partial charge in [0.2, 0.25) is 0 Å². The van der Waals surface area contributed by atoms with Crippen molar-refractivity contribution >= 4 is 5.97 Å². The number of alkyl halides is 3. The summed E-state index contributed by atoms with van der Waals surface area (Å²) in [5.74, 6) is -4.14. The number of nitrogens with one attached hydrogen (secondary N) is 1. The molecular formula is C7H12F3NO2. The van der Waals surface area contributed by atoms with Crippen LogP contribution in [0.25, 0.3) is 0 Å². The van der Waals surface area contributed by atoms with E-state index in [1.807, 2.05) is 0 Å². The van der Waals surface area contributed by atoms with E-state index in [0.29, 0.717) is 13.0 Å². The minimum absolute atomic E-state index is 0.389. The van der Waals surface area contributed by atoms with E-state index in [0.717, 1.165) is 0 Å². The highest BCUT2D eigenvalue weighted by atomic mass is 19.4. The number of aliphatic carboxylic acids is 1. The van der Waals surface area contributed by atoms with Crippen molar-refractivity contribution in [3.8, 4) is 0 Å². The molecule has 0 aromatic heterocycles. The van der Waals surface area contributed by atoms with Crippen molar-refractivity contribution in [2.45, 2.75) is 19.5 Å². The largest absolute Gasteiger partial charge is 0.481 e. The fourth-order valence-corrected chi connectivity index (χ4v) is 0.766. The van der Waals surface area contributed by atoms with Crippen LogP contribution < -0.4 is 5.32 Å². The van der Waals surface area contributed by atoms with Crippen LogP contribution >= 0.6 is 0 Å². The second-order valence-electron chi connectivity index (χ2n) is 2.64. The van der Waals surface area contributed by atoms with Gasteiger partial charge in [0.1, 0.15) is 0 Å². The monoisotopic (exact) mass is 199 g/mol. The molecular weight excluding hydrogens is 187 g/mol. The molecule has 0 aliphatic rings. The highest BCUT2D eigenvalue weighted by Crippen LogP contribution is 2.25. The van der Waals surface area contributed by atoms with Crippen molar-refractivity contribution in [1.29, 1.82) is 0 Å². The Morgan fingerprint density at radius 1 is 1.54 bits per heavy atom. The number of hydrogen-bond donors (Lipinski definition) is 2. The van der Waals surface area contributed by atoms with E-state index in [4.69, 9.17) is 5.11 Å². The summed E-state index contributed by atoms with van der Waals surface area (Å²) in [5, 5.41) is 10.7.